The molecule has 0 aromatic heterocycles. The second-order valence-corrected chi connectivity index (χ2v) is 5.42. The van der Waals surface area contributed by atoms with Crippen molar-refractivity contribution in [3.8, 4) is 5.75 Å². The molecule has 2 atom stereocenters. The van der Waals surface area contributed by atoms with Crippen LogP contribution < -0.4 is 15.0 Å². The third-order valence-electron chi connectivity index (χ3n) is 3.88. The van der Waals surface area contributed by atoms with E-state index in [0.717, 1.165) is 17.9 Å². The average molecular weight is 290 g/mol. The van der Waals surface area contributed by atoms with Crippen LogP contribution in [0.5, 0.6) is 5.75 Å². The summed E-state index contributed by atoms with van der Waals surface area (Å²) in [5, 5.41) is 2.94. The number of anilines is 1. The molecule has 1 aliphatic rings. The lowest BCUT2D eigenvalue weighted by molar-refractivity contribution is -0.126. The molecule has 0 spiro atoms. The maximum Gasteiger partial charge on any atom is 0.227 e. The number of nitrogens with one attached hydrogen (secondary N) is 1. The predicted molar refractivity (Wildman–Crippen MR) is 81.3 cm³/mol. The lowest BCUT2D eigenvalue weighted by Gasteiger charge is -2.18. The fourth-order valence-corrected chi connectivity index (χ4v) is 2.36. The van der Waals surface area contributed by atoms with Crippen LogP contribution in [-0.2, 0) is 9.59 Å². The van der Waals surface area contributed by atoms with E-state index >= 15 is 0 Å². The number of nitrogens with zero attached hydrogens (tertiary/aromatic N) is 1. The van der Waals surface area contributed by atoms with Crippen LogP contribution in [0.15, 0.2) is 24.3 Å². The number of hydrogen-bond acceptors (Lipinski definition) is 3. The zero-order valence-electron chi connectivity index (χ0n) is 12.8. The van der Waals surface area contributed by atoms with Gasteiger partial charge >= 0.3 is 0 Å². The van der Waals surface area contributed by atoms with Crippen LogP contribution >= 0.6 is 0 Å². The Morgan fingerprint density at radius 1 is 1.43 bits per heavy atom. The van der Waals surface area contributed by atoms with Crippen molar-refractivity contribution in [2.45, 2.75) is 32.7 Å². The molecule has 1 saturated heterocycles. The van der Waals surface area contributed by atoms with Gasteiger partial charge in [0.1, 0.15) is 5.75 Å². The predicted octanol–water partition coefficient (Wildman–Crippen LogP) is 1.96. The third-order valence-corrected chi connectivity index (χ3v) is 3.88. The SMILES string of the molecule is CC[C@H](C)NC(=O)[C@@H]1CC(=O)N(c2ccc(OC)cc2)C1. The molecule has 0 saturated carbocycles. The van der Waals surface area contributed by atoms with Crippen LogP contribution in [0, 0.1) is 5.92 Å². The summed E-state index contributed by atoms with van der Waals surface area (Å²) >= 11 is 0. The average Bonchev–Trinajstić information content (AvgIpc) is 2.89. The fraction of sp³-hybridized carbons (Fsp3) is 0.500. The van der Waals surface area contributed by atoms with Crippen LogP contribution in [0.3, 0.4) is 0 Å². The summed E-state index contributed by atoms with van der Waals surface area (Å²) in [6.45, 7) is 4.43. The summed E-state index contributed by atoms with van der Waals surface area (Å²) in [7, 11) is 1.60. The van der Waals surface area contributed by atoms with E-state index in [1.54, 1.807) is 12.0 Å². The summed E-state index contributed by atoms with van der Waals surface area (Å²) in [6, 6.07) is 7.45. The van der Waals surface area contributed by atoms with E-state index in [9.17, 15) is 9.59 Å². The van der Waals surface area contributed by atoms with Gasteiger partial charge in [-0.1, -0.05) is 6.92 Å². The van der Waals surface area contributed by atoms with Gasteiger partial charge in [0.15, 0.2) is 0 Å². The van der Waals surface area contributed by atoms with Crippen molar-refractivity contribution in [3.63, 3.8) is 0 Å². The molecule has 21 heavy (non-hydrogen) atoms. The molecule has 0 unspecified atom stereocenters. The second-order valence-electron chi connectivity index (χ2n) is 5.42. The molecule has 1 fully saturated rings. The van der Waals surface area contributed by atoms with E-state index in [4.69, 9.17) is 4.74 Å². The zero-order chi connectivity index (χ0) is 15.4. The van der Waals surface area contributed by atoms with E-state index in [1.165, 1.54) is 0 Å². The van der Waals surface area contributed by atoms with E-state index < -0.39 is 0 Å². The number of rotatable bonds is 5. The Kier molecular flexibility index (Phi) is 4.83. The smallest absolute Gasteiger partial charge is 0.227 e. The van der Waals surface area contributed by atoms with Crippen LogP contribution in [-0.4, -0.2) is 31.5 Å². The van der Waals surface area contributed by atoms with Crippen molar-refractivity contribution in [3.05, 3.63) is 24.3 Å². The van der Waals surface area contributed by atoms with Gasteiger partial charge in [-0.2, -0.15) is 0 Å². The minimum Gasteiger partial charge on any atom is -0.497 e. The third kappa shape index (κ3) is 3.54. The first-order valence-corrected chi connectivity index (χ1v) is 7.30. The van der Waals surface area contributed by atoms with Gasteiger partial charge in [0.05, 0.1) is 13.0 Å². The van der Waals surface area contributed by atoms with Gasteiger partial charge in [-0.25, -0.2) is 0 Å². The molecule has 1 aliphatic heterocycles. The normalized spacial score (nSPS) is 19.5. The van der Waals surface area contributed by atoms with Gasteiger partial charge in [0.2, 0.25) is 11.8 Å². The maximum absolute atomic E-state index is 12.1. The summed E-state index contributed by atoms with van der Waals surface area (Å²) in [6.07, 6.45) is 1.16. The van der Waals surface area contributed by atoms with Gasteiger partial charge in [-0.3, -0.25) is 9.59 Å². The minimum atomic E-state index is -0.270. The molecule has 0 bridgehead atoms. The van der Waals surface area contributed by atoms with Crippen molar-refractivity contribution >= 4 is 17.5 Å². The van der Waals surface area contributed by atoms with Crippen LogP contribution in [0.2, 0.25) is 0 Å². The van der Waals surface area contributed by atoms with Crippen molar-refractivity contribution in [1.29, 1.82) is 0 Å². The molecule has 1 N–H and O–H groups in total. The zero-order valence-corrected chi connectivity index (χ0v) is 12.8. The molecule has 1 heterocycles. The fourth-order valence-electron chi connectivity index (χ4n) is 2.36. The van der Waals surface area contributed by atoms with Crippen LogP contribution in [0.1, 0.15) is 26.7 Å². The van der Waals surface area contributed by atoms with E-state index in [0.29, 0.717) is 6.54 Å². The number of methoxy groups -OCH3 is 1. The highest BCUT2D eigenvalue weighted by Gasteiger charge is 2.35. The Morgan fingerprint density at radius 3 is 2.67 bits per heavy atom. The van der Waals surface area contributed by atoms with Gasteiger partial charge in [-0.15, -0.1) is 0 Å². The molecule has 0 radical (unpaired) electrons. The Bertz CT molecular complexity index is 513. The molecule has 2 amide bonds. The molecule has 0 aliphatic carbocycles. The van der Waals surface area contributed by atoms with Crippen molar-refractivity contribution in [2.75, 3.05) is 18.6 Å². The van der Waals surface area contributed by atoms with Gasteiger partial charge in [-0.05, 0) is 37.6 Å². The summed E-state index contributed by atoms with van der Waals surface area (Å²) in [5.74, 6) is 0.434. The maximum atomic E-state index is 12.1. The molecular weight excluding hydrogens is 268 g/mol. The number of hydrogen-bond donors (Lipinski definition) is 1. The summed E-state index contributed by atoms with van der Waals surface area (Å²) in [5.41, 5.74) is 0.805. The highest BCUT2D eigenvalue weighted by Crippen LogP contribution is 2.26. The molecule has 2 rings (SSSR count). The Labute approximate surface area is 125 Å². The first-order valence-electron chi connectivity index (χ1n) is 7.30. The quantitative estimate of drug-likeness (QED) is 0.902. The summed E-state index contributed by atoms with van der Waals surface area (Å²) < 4.78 is 5.11. The molecule has 114 valence electrons. The summed E-state index contributed by atoms with van der Waals surface area (Å²) in [4.78, 5) is 25.9. The lowest BCUT2D eigenvalue weighted by Crippen LogP contribution is -2.38. The Hall–Kier alpha value is -2.04. The van der Waals surface area contributed by atoms with E-state index in [1.807, 2.05) is 38.1 Å². The van der Waals surface area contributed by atoms with Crippen molar-refractivity contribution in [1.82, 2.24) is 5.32 Å². The van der Waals surface area contributed by atoms with Crippen molar-refractivity contribution < 1.29 is 14.3 Å². The number of carbonyl (C=O) groups excluding carboxylic acids is 2. The van der Waals surface area contributed by atoms with Gasteiger partial charge in [0.25, 0.3) is 0 Å². The molecule has 1 aromatic carbocycles. The number of ether oxygens (including phenoxy) is 1. The Morgan fingerprint density at radius 2 is 2.10 bits per heavy atom. The van der Waals surface area contributed by atoms with Crippen LogP contribution in [0.25, 0.3) is 0 Å². The van der Waals surface area contributed by atoms with Gasteiger partial charge < -0.3 is 15.0 Å². The largest absolute Gasteiger partial charge is 0.497 e. The first kappa shape index (κ1) is 15.4. The molecular formula is C16H22N2O3. The van der Waals surface area contributed by atoms with E-state index in [-0.39, 0.29) is 30.2 Å². The number of amides is 2. The second kappa shape index (κ2) is 6.61. The molecule has 1 aromatic rings. The standard InChI is InChI=1S/C16H22N2O3/c1-4-11(2)17-16(20)12-9-15(19)18(10-12)13-5-7-14(21-3)8-6-13/h5-8,11-12H,4,9-10H2,1-3H3,(H,17,20)/t11-,12+/m0/s1. The molecule has 5 heteroatoms. The minimum absolute atomic E-state index is 0.00975. The molecule has 5 nitrogen and oxygen atoms in total. The Balaban J connectivity index is 2.03. The van der Waals surface area contributed by atoms with Gasteiger partial charge in [0, 0.05) is 24.7 Å². The highest BCUT2D eigenvalue weighted by atomic mass is 16.5. The van der Waals surface area contributed by atoms with Crippen LogP contribution in [0.4, 0.5) is 5.69 Å². The van der Waals surface area contributed by atoms with Crippen molar-refractivity contribution in [2.24, 2.45) is 5.92 Å². The highest BCUT2D eigenvalue weighted by molar-refractivity contribution is 6.00. The topological polar surface area (TPSA) is 58.6 Å². The van der Waals surface area contributed by atoms with E-state index in [2.05, 4.69) is 5.32 Å². The number of carbonyl (C=O) groups is 2. The monoisotopic (exact) mass is 290 g/mol. The lowest BCUT2D eigenvalue weighted by atomic mass is 10.1. The first-order chi connectivity index (χ1) is 10.0. The number of benzene rings is 1.